The van der Waals surface area contributed by atoms with Crippen LogP contribution in [0.3, 0.4) is 0 Å². The smallest absolute Gasteiger partial charge is 0.336 e. The fourth-order valence-corrected chi connectivity index (χ4v) is 5.48. The SMILES string of the molecule is O=C(O)c1ccccc1SC(c1ncccc1CCCCCCCCc1ccccc1)C(O)C(=O)O. The molecule has 3 N–H and O–H groups in total. The van der Waals surface area contributed by atoms with Crippen LogP contribution in [0.4, 0.5) is 0 Å². The topological polar surface area (TPSA) is 108 Å². The molecule has 0 saturated carbocycles. The van der Waals surface area contributed by atoms with Crippen LogP contribution in [-0.4, -0.2) is 38.3 Å². The first-order valence-electron chi connectivity index (χ1n) is 12.3. The van der Waals surface area contributed by atoms with E-state index in [1.54, 1.807) is 24.4 Å². The second-order valence-corrected chi connectivity index (χ2v) is 9.96. The molecule has 0 bridgehead atoms. The van der Waals surface area contributed by atoms with E-state index in [1.807, 2.05) is 18.2 Å². The molecule has 2 aromatic carbocycles. The van der Waals surface area contributed by atoms with Gasteiger partial charge in [-0.3, -0.25) is 4.98 Å². The lowest BCUT2D eigenvalue weighted by Gasteiger charge is -2.22. The minimum Gasteiger partial charge on any atom is -0.479 e. The van der Waals surface area contributed by atoms with Crippen LogP contribution in [-0.2, 0) is 17.6 Å². The van der Waals surface area contributed by atoms with Gasteiger partial charge in [0.15, 0.2) is 6.10 Å². The predicted molar refractivity (Wildman–Crippen MR) is 141 cm³/mol. The largest absolute Gasteiger partial charge is 0.479 e. The summed E-state index contributed by atoms with van der Waals surface area (Å²) >= 11 is 1.02. The van der Waals surface area contributed by atoms with Crippen LogP contribution in [0.5, 0.6) is 0 Å². The van der Waals surface area contributed by atoms with Crippen LogP contribution in [0, 0.1) is 0 Å². The molecule has 36 heavy (non-hydrogen) atoms. The third-order valence-electron chi connectivity index (χ3n) is 6.11. The highest BCUT2D eigenvalue weighted by Crippen LogP contribution is 2.40. The number of carboxylic acid groups (broad SMARTS) is 2. The molecular formula is C29H33NO5S. The van der Waals surface area contributed by atoms with Crippen LogP contribution < -0.4 is 0 Å². The van der Waals surface area contributed by atoms with E-state index in [0.29, 0.717) is 10.6 Å². The molecule has 1 heterocycles. The maximum atomic E-state index is 11.7. The molecule has 2 atom stereocenters. The Labute approximate surface area is 216 Å². The molecule has 0 saturated heterocycles. The predicted octanol–water partition coefficient (Wildman–Crippen LogP) is 6.18. The average Bonchev–Trinajstić information content (AvgIpc) is 2.89. The van der Waals surface area contributed by atoms with Crippen LogP contribution in [0.25, 0.3) is 0 Å². The highest BCUT2D eigenvalue weighted by atomic mass is 32.2. The Hall–Kier alpha value is -3.16. The number of carbonyl (C=O) groups is 2. The van der Waals surface area contributed by atoms with Crippen molar-refractivity contribution in [2.45, 2.75) is 67.6 Å². The number of aromatic nitrogens is 1. The first-order chi connectivity index (χ1) is 17.5. The van der Waals surface area contributed by atoms with Gasteiger partial charge in [0.05, 0.1) is 16.5 Å². The molecule has 190 valence electrons. The Kier molecular flexibility index (Phi) is 11.0. The third-order valence-corrected chi connectivity index (χ3v) is 7.46. The van der Waals surface area contributed by atoms with Gasteiger partial charge < -0.3 is 15.3 Å². The maximum Gasteiger partial charge on any atom is 0.336 e. The van der Waals surface area contributed by atoms with E-state index in [-0.39, 0.29) is 5.56 Å². The molecule has 0 aliphatic carbocycles. The van der Waals surface area contributed by atoms with Gasteiger partial charge >= 0.3 is 11.9 Å². The second-order valence-electron chi connectivity index (χ2n) is 8.78. The third kappa shape index (κ3) is 8.21. The number of rotatable bonds is 15. The van der Waals surface area contributed by atoms with E-state index in [4.69, 9.17) is 0 Å². The van der Waals surface area contributed by atoms with Crippen molar-refractivity contribution >= 4 is 23.7 Å². The Morgan fingerprint density at radius 1 is 0.778 bits per heavy atom. The van der Waals surface area contributed by atoms with Crippen molar-refractivity contribution in [1.29, 1.82) is 0 Å². The molecule has 3 rings (SSSR count). The Morgan fingerprint density at radius 2 is 1.42 bits per heavy atom. The lowest BCUT2D eigenvalue weighted by Crippen LogP contribution is -2.27. The number of aromatic carboxylic acids is 1. The summed E-state index contributed by atoms with van der Waals surface area (Å²) in [6, 6.07) is 20.6. The molecule has 6 nitrogen and oxygen atoms in total. The standard InChI is InChI=1S/C29H33NO5S/c31-26(29(34)35)27(36-24-19-11-10-18-23(24)28(32)33)25-22(17-12-20-30-25)16-9-4-2-1-3-6-13-21-14-7-5-8-15-21/h5,7-8,10-12,14-15,17-20,26-27,31H,1-4,6,9,13,16H2,(H,32,33)(H,34,35). The van der Waals surface area contributed by atoms with E-state index in [1.165, 1.54) is 30.9 Å². The molecule has 0 amide bonds. The molecule has 0 radical (unpaired) electrons. The van der Waals surface area contributed by atoms with Gasteiger partial charge in [0.1, 0.15) is 0 Å². The number of hydrogen-bond acceptors (Lipinski definition) is 5. The molecule has 0 fully saturated rings. The first-order valence-corrected chi connectivity index (χ1v) is 13.2. The summed E-state index contributed by atoms with van der Waals surface area (Å²) in [6.45, 7) is 0. The molecular weight excluding hydrogens is 474 g/mol. The highest BCUT2D eigenvalue weighted by Gasteiger charge is 2.32. The van der Waals surface area contributed by atoms with Crippen molar-refractivity contribution in [3.8, 4) is 0 Å². The summed E-state index contributed by atoms with van der Waals surface area (Å²) in [4.78, 5) is 28.2. The highest BCUT2D eigenvalue weighted by molar-refractivity contribution is 7.99. The van der Waals surface area contributed by atoms with Crippen molar-refractivity contribution in [3.63, 3.8) is 0 Å². The second kappa shape index (κ2) is 14.4. The number of hydrogen-bond donors (Lipinski definition) is 3. The van der Waals surface area contributed by atoms with Crippen LogP contribution >= 0.6 is 11.8 Å². The van der Waals surface area contributed by atoms with Gasteiger partial charge in [-0.2, -0.15) is 0 Å². The number of nitrogens with zero attached hydrogens (tertiary/aromatic N) is 1. The number of pyridine rings is 1. The van der Waals surface area contributed by atoms with Crippen LogP contribution in [0.1, 0.15) is 71.0 Å². The number of aliphatic hydroxyl groups excluding tert-OH is 1. The number of carboxylic acids is 2. The normalized spacial score (nSPS) is 12.7. The van der Waals surface area contributed by atoms with E-state index in [0.717, 1.165) is 49.4 Å². The number of unbranched alkanes of at least 4 members (excludes halogenated alkanes) is 5. The number of benzene rings is 2. The van der Waals surface area contributed by atoms with Crippen molar-refractivity contribution in [2.75, 3.05) is 0 Å². The van der Waals surface area contributed by atoms with E-state index >= 15 is 0 Å². The zero-order valence-electron chi connectivity index (χ0n) is 20.3. The Bertz CT molecular complexity index is 1120. The quantitative estimate of drug-likeness (QED) is 0.166. The summed E-state index contributed by atoms with van der Waals surface area (Å²) in [5.41, 5.74) is 2.81. The molecule has 0 spiro atoms. The van der Waals surface area contributed by atoms with Crippen molar-refractivity contribution in [2.24, 2.45) is 0 Å². The zero-order valence-corrected chi connectivity index (χ0v) is 21.1. The first kappa shape index (κ1) is 27.4. The van der Waals surface area contributed by atoms with Gasteiger partial charge in [0.2, 0.25) is 0 Å². The Morgan fingerprint density at radius 3 is 2.11 bits per heavy atom. The van der Waals surface area contributed by atoms with Gasteiger partial charge in [0, 0.05) is 11.1 Å². The molecule has 2 unspecified atom stereocenters. The van der Waals surface area contributed by atoms with E-state index < -0.39 is 23.3 Å². The van der Waals surface area contributed by atoms with Crippen molar-refractivity contribution in [1.82, 2.24) is 4.98 Å². The summed E-state index contributed by atoms with van der Waals surface area (Å²) in [5.74, 6) is -2.47. The number of thioether (sulfide) groups is 1. The van der Waals surface area contributed by atoms with Gasteiger partial charge in [-0.05, 0) is 55.0 Å². The summed E-state index contributed by atoms with van der Waals surface area (Å²) < 4.78 is 0. The fourth-order valence-electron chi connectivity index (χ4n) is 4.20. The Balaban J connectivity index is 1.58. The van der Waals surface area contributed by atoms with E-state index in [9.17, 15) is 24.9 Å². The summed E-state index contributed by atoms with van der Waals surface area (Å²) in [6.07, 6.45) is 8.35. The fraction of sp³-hybridized carbons (Fsp3) is 0.345. The van der Waals surface area contributed by atoms with Crippen molar-refractivity contribution in [3.05, 3.63) is 95.3 Å². The number of aliphatic carboxylic acids is 1. The molecule has 1 aromatic heterocycles. The summed E-state index contributed by atoms with van der Waals surface area (Å²) in [7, 11) is 0. The molecule has 0 aliphatic heterocycles. The lowest BCUT2D eigenvalue weighted by molar-refractivity contribution is -0.146. The summed E-state index contributed by atoms with van der Waals surface area (Å²) in [5, 5.41) is 28.7. The monoisotopic (exact) mass is 507 g/mol. The van der Waals surface area contributed by atoms with E-state index in [2.05, 4.69) is 29.2 Å². The zero-order chi connectivity index (χ0) is 25.8. The lowest BCUT2D eigenvalue weighted by atomic mass is 10.00. The maximum absolute atomic E-state index is 11.7. The number of aryl methyl sites for hydroxylation is 2. The van der Waals surface area contributed by atoms with Crippen LogP contribution in [0.15, 0.2) is 77.8 Å². The molecule has 0 aliphatic rings. The van der Waals surface area contributed by atoms with Gasteiger partial charge in [-0.25, -0.2) is 9.59 Å². The average molecular weight is 508 g/mol. The van der Waals surface area contributed by atoms with Gasteiger partial charge in [-0.15, -0.1) is 11.8 Å². The van der Waals surface area contributed by atoms with Crippen LogP contribution in [0.2, 0.25) is 0 Å². The van der Waals surface area contributed by atoms with Crippen molar-refractivity contribution < 1.29 is 24.9 Å². The minimum atomic E-state index is -1.73. The molecule has 7 heteroatoms. The number of aliphatic hydroxyl groups is 1. The minimum absolute atomic E-state index is 0.0647. The van der Waals surface area contributed by atoms with Gasteiger partial charge in [0.25, 0.3) is 0 Å². The van der Waals surface area contributed by atoms with Gasteiger partial charge in [-0.1, -0.05) is 74.2 Å². The molecule has 3 aromatic rings.